The fourth-order valence-electron chi connectivity index (χ4n) is 2.14. The fourth-order valence-corrected chi connectivity index (χ4v) is 2.14. The standard InChI is InChI=1S/C19H21BO4/c1-19(2,3)18(21)24-16-11-15(23-12-22-4)10-14-7-5-6-13(8-9-20)17(14)16/h5-7,10-11H,12,20H2,1-4H3. The molecule has 0 unspecified atom stereocenters. The molecule has 5 heteroatoms. The molecule has 0 atom stereocenters. The third-order valence-electron chi connectivity index (χ3n) is 3.33. The highest BCUT2D eigenvalue weighted by Gasteiger charge is 2.25. The molecule has 2 aromatic rings. The van der Waals surface area contributed by atoms with Crippen molar-refractivity contribution in [3.8, 4) is 23.2 Å². The van der Waals surface area contributed by atoms with Crippen molar-refractivity contribution >= 4 is 24.6 Å². The molecule has 0 aliphatic rings. The first-order valence-electron chi connectivity index (χ1n) is 7.70. The average Bonchev–Trinajstić information content (AvgIpc) is 2.52. The van der Waals surface area contributed by atoms with Crippen molar-refractivity contribution in [2.45, 2.75) is 20.8 Å². The number of rotatable bonds is 4. The molecular formula is C19H21BO4. The topological polar surface area (TPSA) is 44.8 Å². The summed E-state index contributed by atoms with van der Waals surface area (Å²) in [6.45, 7) is 5.56. The molecule has 0 saturated carbocycles. The van der Waals surface area contributed by atoms with E-state index in [9.17, 15) is 4.79 Å². The van der Waals surface area contributed by atoms with Crippen LogP contribution in [-0.4, -0.2) is 27.7 Å². The molecule has 0 fully saturated rings. The molecule has 2 aromatic carbocycles. The highest BCUT2D eigenvalue weighted by molar-refractivity contribution is 6.22. The van der Waals surface area contributed by atoms with Gasteiger partial charge in [0, 0.05) is 24.1 Å². The van der Waals surface area contributed by atoms with Crippen LogP contribution >= 0.6 is 0 Å². The van der Waals surface area contributed by atoms with Crippen molar-refractivity contribution < 1.29 is 19.0 Å². The number of esters is 1. The van der Waals surface area contributed by atoms with Gasteiger partial charge in [-0.3, -0.25) is 4.79 Å². The van der Waals surface area contributed by atoms with Gasteiger partial charge >= 0.3 is 5.97 Å². The zero-order chi connectivity index (χ0) is 17.7. The Hall–Kier alpha value is -2.45. The maximum Gasteiger partial charge on any atom is 0.316 e. The maximum absolute atomic E-state index is 12.3. The van der Waals surface area contributed by atoms with E-state index in [4.69, 9.17) is 14.2 Å². The summed E-state index contributed by atoms with van der Waals surface area (Å²) in [4.78, 5) is 12.3. The number of methoxy groups -OCH3 is 1. The third-order valence-corrected chi connectivity index (χ3v) is 3.33. The molecule has 0 aromatic heterocycles. The normalized spacial score (nSPS) is 10.8. The van der Waals surface area contributed by atoms with Gasteiger partial charge in [-0.25, -0.2) is 0 Å². The van der Waals surface area contributed by atoms with Gasteiger partial charge in [0.25, 0.3) is 0 Å². The number of ether oxygens (including phenoxy) is 3. The van der Waals surface area contributed by atoms with Crippen molar-refractivity contribution in [3.05, 3.63) is 35.9 Å². The zero-order valence-electron chi connectivity index (χ0n) is 14.7. The summed E-state index contributed by atoms with van der Waals surface area (Å²) in [5.41, 5.74) is 0.200. The number of fused-ring (bicyclic) bond motifs is 1. The molecule has 0 heterocycles. The van der Waals surface area contributed by atoms with Gasteiger partial charge in [-0.1, -0.05) is 18.1 Å². The Bertz CT molecular complexity index is 810. The summed E-state index contributed by atoms with van der Waals surface area (Å²) < 4.78 is 16.1. The van der Waals surface area contributed by atoms with Crippen LogP contribution in [0.5, 0.6) is 11.5 Å². The molecule has 0 radical (unpaired) electrons. The molecule has 24 heavy (non-hydrogen) atoms. The number of hydrogen-bond donors (Lipinski definition) is 0. The van der Waals surface area contributed by atoms with Crippen molar-refractivity contribution in [2.75, 3.05) is 13.9 Å². The first-order valence-corrected chi connectivity index (χ1v) is 7.70. The minimum atomic E-state index is -0.610. The monoisotopic (exact) mass is 324 g/mol. The second-order valence-electron chi connectivity index (χ2n) is 6.39. The van der Waals surface area contributed by atoms with Crippen molar-refractivity contribution in [1.82, 2.24) is 0 Å². The van der Waals surface area contributed by atoms with E-state index in [1.807, 2.05) is 45.0 Å². The van der Waals surface area contributed by atoms with Gasteiger partial charge in [0.15, 0.2) is 14.6 Å². The molecule has 0 bridgehead atoms. The highest BCUT2D eigenvalue weighted by Crippen LogP contribution is 2.35. The smallest absolute Gasteiger partial charge is 0.316 e. The van der Waals surface area contributed by atoms with Crippen LogP contribution in [0.1, 0.15) is 26.3 Å². The van der Waals surface area contributed by atoms with Gasteiger partial charge < -0.3 is 14.2 Å². The predicted molar refractivity (Wildman–Crippen MR) is 97.0 cm³/mol. The molecule has 0 saturated heterocycles. The Labute approximate surface area is 143 Å². The van der Waals surface area contributed by atoms with Crippen LogP contribution in [0.15, 0.2) is 30.3 Å². The Morgan fingerprint density at radius 3 is 2.62 bits per heavy atom. The fraction of sp³-hybridized carbons (Fsp3) is 0.316. The summed E-state index contributed by atoms with van der Waals surface area (Å²) in [5, 5.41) is 1.69. The Morgan fingerprint density at radius 2 is 2.00 bits per heavy atom. The van der Waals surface area contributed by atoms with Gasteiger partial charge in [0.2, 0.25) is 0 Å². The van der Waals surface area contributed by atoms with Gasteiger partial charge in [-0.05, 0) is 38.3 Å². The third kappa shape index (κ3) is 4.09. The van der Waals surface area contributed by atoms with Gasteiger partial charge in [-0.2, -0.15) is 5.82 Å². The number of carbonyl (C=O) groups excluding carboxylic acids is 1. The predicted octanol–water partition coefficient (Wildman–Crippen LogP) is 2.72. The average molecular weight is 324 g/mol. The molecule has 0 aliphatic carbocycles. The van der Waals surface area contributed by atoms with Crippen LogP contribution < -0.4 is 9.47 Å². The van der Waals surface area contributed by atoms with Gasteiger partial charge in [-0.15, -0.1) is 0 Å². The van der Waals surface area contributed by atoms with Crippen molar-refractivity contribution in [1.29, 1.82) is 0 Å². The summed E-state index contributed by atoms with van der Waals surface area (Å²) in [6.07, 6.45) is 0. The Balaban J connectivity index is 2.61. The van der Waals surface area contributed by atoms with E-state index in [2.05, 4.69) is 11.7 Å². The van der Waals surface area contributed by atoms with Crippen LogP contribution in [0, 0.1) is 17.2 Å². The van der Waals surface area contributed by atoms with Crippen molar-refractivity contribution in [2.24, 2.45) is 5.41 Å². The molecule has 124 valence electrons. The molecule has 0 N–H and O–H groups in total. The van der Waals surface area contributed by atoms with E-state index in [1.165, 1.54) is 0 Å². The van der Waals surface area contributed by atoms with E-state index < -0.39 is 5.41 Å². The molecule has 2 rings (SSSR count). The SMILES string of the molecule is BC#Cc1cccc2cc(OCOC)cc(OC(=O)C(C)(C)C)c12. The van der Waals surface area contributed by atoms with Gasteiger partial charge in [0.05, 0.1) is 5.41 Å². The van der Waals surface area contributed by atoms with E-state index in [0.717, 1.165) is 16.3 Å². The van der Waals surface area contributed by atoms with Crippen LogP contribution in [0.2, 0.25) is 0 Å². The second-order valence-corrected chi connectivity index (χ2v) is 6.39. The minimum absolute atomic E-state index is 0.118. The Morgan fingerprint density at radius 1 is 1.25 bits per heavy atom. The molecule has 0 amide bonds. The lowest BCUT2D eigenvalue weighted by Gasteiger charge is -2.18. The van der Waals surface area contributed by atoms with E-state index in [0.29, 0.717) is 11.5 Å². The van der Waals surface area contributed by atoms with Crippen LogP contribution in [0.25, 0.3) is 10.8 Å². The highest BCUT2D eigenvalue weighted by atomic mass is 16.7. The lowest BCUT2D eigenvalue weighted by atomic mass is 9.97. The lowest BCUT2D eigenvalue weighted by Crippen LogP contribution is -2.25. The molecular weight excluding hydrogens is 303 g/mol. The van der Waals surface area contributed by atoms with Crippen LogP contribution in [0.4, 0.5) is 0 Å². The molecule has 0 aliphatic heterocycles. The van der Waals surface area contributed by atoms with Gasteiger partial charge in [0.1, 0.15) is 11.5 Å². The number of carbonyl (C=O) groups is 1. The quantitative estimate of drug-likeness (QED) is 0.285. The lowest BCUT2D eigenvalue weighted by molar-refractivity contribution is -0.142. The molecule has 4 nitrogen and oxygen atoms in total. The summed E-state index contributed by atoms with van der Waals surface area (Å²) >= 11 is 0. The first-order chi connectivity index (χ1) is 11.4. The van der Waals surface area contributed by atoms with Crippen molar-refractivity contribution in [3.63, 3.8) is 0 Å². The zero-order valence-corrected chi connectivity index (χ0v) is 14.7. The minimum Gasteiger partial charge on any atom is -0.467 e. The number of hydrogen-bond acceptors (Lipinski definition) is 4. The Kier molecular flexibility index (Phi) is 5.53. The maximum atomic E-state index is 12.3. The largest absolute Gasteiger partial charge is 0.467 e. The van der Waals surface area contributed by atoms with Crippen LogP contribution in [0.3, 0.4) is 0 Å². The summed E-state index contributed by atoms with van der Waals surface area (Å²) in [7, 11) is 3.33. The van der Waals surface area contributed by atoms with Crippen LogP contribution in [-0.2, 0) is 9.53 Å². The van der Waals surface area contributed by atoms with E-state index in [1.54, 1.807) is 21.0 Å². The first kappa shape index (κ1) is 17.9. The summed E-state index contributed by atoms with van der Waals surface area (Å²) in [5.74, 6) is 6.65. The summed E-state index contributed by atoms with van der Waals surface area (Å²) in [6, 6.07) is 9.33. The second kappa shape index (κ2) is 7.42. The van der Waals surface area contributed by atoms with E-state index >= 15 is 0 Å². The molecule has 0 spiro atoms. The van der Waals surface area contributed by atoms with E-state index in [-0.39, 0.29) is 12.8 Å². The number of benzene rings is 2.